The number of carboxylic acid groups (broad SMARTS) is 1. The number of hydrogen-bond acceptors (Lipinski definition) is 1. The maximum atomic E-state index is 10.3. The molecule has 3 nitrogen and oxygen atoms in total. The summed E-state index contributed by atoms with van der Waals surface area (Å²) >= 11 is 0. The van der Waals surface area contributed by atoms with Gasteiger partial charge in [-0.05, 0) is 26.2 Å². The summed E-state index contributed by atoms with van der Waals surface area (Å²) in [5.41, 5.74) is 1.32. The SMILES string of the molecule is Cc1ccccc1.O=C(O)N1CCCCC1. The fourth-order valence-corrected chi connectivity index (χ4v) is 1.62. The van der Waals surface area contributed by atoms with E-state index in [0.717, 1.165) is 25.9 Å². The quantitative estimate of drug-likeness (QED) is 0.731. The first-order valence-corrected chi connectivity index (χ1v) is 5.69. The Morgan fingerprint density at radius 1 is 1.12 bits per heavy atom. The highest BCUT2D eigenvalue weighted by Crippen LogP contribution is 2.07. The molecule has 1 saturated heterocycles. The molecule has 0 spiro atoms. The standard InChI is InChI=1S/C7H8.C6H11NO2/c1-7-5-3-2-4-6-7;8-6(9)7-4-2-1-3-5-7/h2-6H,1H3;1-5H2,(H,8,9). The van der Waals surface area contributed by atoms with Crippen molar-refractivity contribution in [1.82, 2.24) is 4.90 Å². The molecule has 0 aromatic heterocycles. The summed E-state index contributed by atoms with van der Waals surface area (Å²) in [6.45, 7) is 3.55. The van der Waals surface area contributed by atoms with Gasteiger partial charge >= 0.3 is 6.09 Å². The van der Waals surface area contributed by atoms with Crippen molar-refractivity contribution in [3.8, 4) is 0 Å². The van der Waals surface area contributed by atoms with Gasteiger partial charge in [0.05, 0.1) is 0 Å². The van der Waals surface area contributed by atoms with Gasteiger partial charge in [-0.1, -0.05) is 35.9 Å². The molecule has 1 aromatic carbocycles. The Hall–Kier alpha value is -1.51. The third-order valence-corrected chi connectivity index (χ3v) is 2.57. The van der Waals surface area contributed by atoms with Crippen LogP contribution in [0.25, 0.3) is 0 Å². The molecular formula is C13H19NO2. The zero-order valence-corrected chi connectivity index (χ0v) is 9.72. The third-order valence-electron chi connectivity index (χ3n) is 2.57. The summed E-state index contributed by atoms with van der Waals surface area (Å²) in [6.07, 6.45) is 2.48. The van der Waals surface area contributed by atoms with Gasteiger partial charge in [0.2, 0.25) is 0 Å². The summed E-state index contributed by atoms with van der Waals surface area (Å²) < 4.78 is 0. The van der Waals surface area contributed by atoms with Gasteiger partial charge in [-0.3, -0.25) is 0 Å². The van der Waals surface area contributed by atoms with Crippen LogP contribution in [-0.2, 0) is 0 Å². The number of piperidine rings is 1. The van der Waals surface area contributed by atoms with E-state index in [4.69, 9.17) is 5.11 Å². The minimum absolute atomic E-state index is 0.731. The number of benzene rings is 1. The second kappa shape index (κ2) is 6.88. The van der Waals surface area contributed by atoms with Crippen molar-refractivity contribution in [2.75, 3.05) is 13.1 Å². The Kier molecular flexibility index (Phi) is 5.40. The lowest BCUT2D eigenvalue weighted by atomic mass is 10.1. The van der Waals surface area contributed by atoms with E-state index < -0.39 is 6.09 Å². The number of rotatable bonds is 0. The molecule has 1 aliphatic rings. The molecule has 0 aliphatic carbocycles. The van der Waals surface area contributed by atoms with Crippen LogP contribution in [0.3, 0.4) is 0 Å². The van der Waals surface area contributed by atoms with Gasteiger partial charge in [-0.2, -0.15) is 0 Å². The Morgan fingerprint density at radius 3 is 2.00 bits per heavy atom. The number of hydrogen-bond donors (Lipinski definition) is 1. The smallest absolute Gasteiger partial charge is 0.407 e. The maximum Gasteiger partial charge on any atom is 0.407 e. The lowest BCUT2D eigenvalue weighted by Gasteiger charge is -2.22. The van der Waals surface area contributed by atoms with Gasteiger partial charge in [-0.15, -0.1) is 0 Å². The minimum atomic E-state index is -0.769. The number of amides is 1. The summed E-state index contributed by atoms with van der Waals surface area (Å²) in [4.78, 5) is 11.8. The average molecular weight is 221 g/mol. The van der Waals surface area contributed by atoms with Crippen LogP contribution >= 0.6 is 0 Å². The molecule has 2 rings (SSSR count). The Labute approximate surface area is 96.7 Å². The minimum Gasteiger partial charge on any atom is -0.465 e. The largest absolute Gasteiger partial charge is 0.465 e. The monoisotopic (exact) mass is 221 g/mol. The third kappa shape index (κ3) is 4.82. The highest BCUT2D eigenvalue weighted by molar-refractivity contribution is 5.64. The molecule has 1 fully saturated rings. The van der Waals surface area contributed by atoms with Crippen LogP contribution in [0, 0.1) is 6.92 Å². The summed E-state index contributed by atoms with van der Waals surface area (Å²) in [5.74, 6) is 0. The molecule has 0 bridgehead atoms. The molecule has 1 amide bonds. The van der Waals surface area contributed by atoms with Crippen molar-refractivity contribution in [1.29, 1.82) is 0 Å². The van der Waals surface area contributed by atoms with Crippen LogP contribution in [0.15, 0.2) is 30.3 Å². The van der Waals surface area contributed by atoms with Gasteiger partial charge in [0.25, 0.3) is 0 Å². The Bertz CT molecular complexity index is 305. The lowest BCUT2D eigenvalue weighted by Crippen LogP contribution is -2.34. The van der Waals surface area contributed by atoms with Crippen molar-refractivity contribution >= 4 is 6.09 Å². The van der Waals surface area contributed by atoms with Crippen LogP contribution in [0.2, 0.25) is 0 Å². The molecule has 88 valence electrons. The molecule has 1 aliphatic heterocycles. The molecule has 0 atom stereocenters. The van der Waals surface area contributed by atoms with E-state index >= 15 is 0 Å². The van der Waals surface area contributed by atoms with Gasteiger partial charge in [0.1, 0.15) is 0 Å². The molecule has 0 saturated carbocycles. The summed E-state index contributed by atoms with van der Waals surface area (Å²) in [7, 11) is 0. The zero-order chi connectivity index (χ0) is 11.8. The summed E-state index contributed by atoms with van der Waals surface area (Å²) in [6, 6.07) is 10.3. The predicted octanol–water partition coefficient (Wildman–Crippen LogP) is 3.15. The molecule has 3 heteroatoms. The summed E-state index contributed by atoms with van der Waals surface area (Å²) in [5, 5.41) is 8.46. The lowest BCUT2D eigenvalue weighted by molar-refractivity contribution is 0.136. The van der Waals surface area contributed by atoms with Crippen LogP contribution in [0.4, 0.5) is 4.79 Å². The fourth-order valence-electron chi connectivity index (χ4n) is 1.62. The van der Waals surface area contributed by atoms with Crippen LogP contribution in [0.1, 0.15) is 24.8 Å². The second-order valence-corrected chi connectivity index (χ2v) is 3.98. The van der Waals surface area contributed by atoms with Crippen molar-refractivity contribution in [3.63, 3.8) is 0 Å². The van der Waals surface area contributed by atoms with Crippen molar-refractivity contribution in [2.24, 2.45) is 0 Å². The first-order valence-electron chi connectivity index (χ1n) is 5.69. The van der Waals surface area contributed by atoms with Crippen LogP contribution < -0.4 is 0 Å². The molecule has 0 radical (unpaired) electrons. The van der Waals surface area contributed by atoms with Crippen LogP contribution in [0.5, 0.6) is 0 Å². The number of nitrogens with zero attached hydrogens (tertiary/aromatic N) is 1. The molecule has 1 aromatic rings. The molecule has 16 heavy (non-hydrogen) atoms. The first kappa shape index (κ1) is 12.6. The zero-order valence-electron chi connectivity index (χ0n) is 9.72. The predicted molar refractivity (Wildman–Crippen MR) is 64.6 cm³/mol. The molecule has 1 N–H and O–H groups in total. The van der Waals surface area contributed by atoms with Gasteiger partial charge in [0, 0.05) is 13.1 Å². The van der Waals surface area contributed by atoms with E-state index in [2.05, 4.69) is 19.1 Å². The maximum absolute atomic E-state index is 10.3. The average Bonchev–Trinajstić information content (AvgIpc) is 2.32. The highest BCUT2D eigenvalue weighted by Gasteiger charge is 2.13. The molecule has 0 unspecified atom stereocenters. The van der Waals surface area contributed by atoms with Crippen molar-refractivity contribution in [2.45, 2.75) is 26.2 Å². The molecular weight excluding hydrogens is 202 g/mol. The first-order chi connectivity index (χ1) is 7.70. The fraction of sp³-hybridized carbons (Fsp3) is 0.462. The van der Waals surface area contributed by atoms with Crippen molar-refractivity contribution < 1.29 is 9.90 Å². The van der Waals surface area contributed by atoms with Gasteiger partial charge < -0.3 is 10.0 Å². The Balaban J connectivity index is 0.000000165. The normalized spacial score (nSPS) is 14.9. The number of aryl methyl sites for hydroxylation is 1. The Morgan fingerprint density at radius 2 is 1.69 bits per heavy atom. The van der Waals surface area contributed by atoms with E-state index in [1.165, 1.54) is 16.9 Å². The van der Waals surface area contributed by atoms with E-state index in [1.54, 1.807) is 0 Å². The van der Waals surface area contributed by atoms with E-state index in [-0.39, 0.29) is 0 Å². The van der Waals surface area contributed by atoms with E-state index in [1.807, 2.05) is 18.2 Å². The highest BCUT2D eigenvalue weighted by atomic mass is 16.4. The second-order valence-electron chi connectivity index (χ2n) is 3.98. The number of likely N-dealkylation sites (tertiary alicyclic amines) is 1. The van der Waals surface area contributed by atoms with Gasteiger partial charge in [-0.25, -0.2) is 4.79 Å². The van der Waals surface area contributed by atoms with Crippen molar-refractivity contribution in [3.05, 3.63) is 35.9 Å². The van der Waals surface area contributed by atoms with Gasteiger partial charge in [0.15, 0.2) is 0 Å². The van der Waals surface area contributed by atoms with E-state index in [0.29, 0.717) is 0 Å². The van der Waals surface area contributed by atoms with Crippen LogP contribution in [-0.4, -0.2) is 29.2 Å². The topological polar surface area (TPSA) is 40.5 Å². The molecule has 1 heterocycles. The number of carbonyl (C=O) groups is 1. The van der Waals surface area contributed by atoms with E-state index in [9.17, 15) is 4.79 Å².